The zero-order valence-electron chi connectivity index (χ0n) is 7.43. The SMILES string of the molecule is C#CCCNC(=O)CCOCC. The Morgan fingerprint density at radius 1 is 1.67 bits per heavy atom. The maximum atomic E-state index is 10.9. The first-order valence-corrected chi connectivity index (χ1v) is 4.09. The minimum absolute atomic E-state index is 0.00120. The predicted octanol–water partition coefficient (Wildman–Crippen LogP) is 0.552. The molecule has 0 spiro atoms. The van der Waals surface area contributed by atoms with E-state index in [1.54, 1.807) is 0 Å². The highest BCUT2D eigenvalue weighted by molar-refractivity contribution is 5.75. The zero-order valence-corrected chi connectivity index (χ0v) is 7.43. The van der Waals surface area contributed by atoms with Crippen LogP contribution >= 0.6 is 0 Å². The van der Waals surface area contributed by atoms with Crippen LogP contribution in [0, 0.1) is 12.3 Å². The Morgan fingerprint density at radius 3 is 3.00 bits per heavy atom. The van der Waals surface area contributed by atoms with Crippen LogP contribution in [0.4, 0.5) is 0 Å². The summed E-state index contributed by atoms with van der Waals surface area (Å²) in [5.41, 5.74) is 0. The molecule has 0 radical (unpaired) electrons. The number of carbonyl (C=O) groups is 1. The van der Waals surface area contributed by atoms with Crippen LogP contribution in [0.15, 0.2) is 0 Å². The summed E-state index contributed by atoms with van der Waals surface area (Å²) in [5, 5.41) is 2.68. The third-order valence-corrected chi connectivity index (χ3v) is 1.27. The monoisotopic (exact) mass is 169 g/mol. The second kappa shape index (κ2) is 8.09. The van der Waals surface area contributed by atoms with Crippen molar-refractivity contribution in [1.29, 1.82) is 0 Å². The van der Waals surface area contributed by atoms with Crippen molar-refractivity contribution >= 4 is 5.91 Å². The molecule has 0 rings (SSSR count). The summed E-state index contributed by atoms with van der Waals surface area (Å²) in [6.45, 7) is 3.59. The highest BCUT2D eigenvalue weighted by Crippen LogP contribution is 1.82. The van der Waals surface area contributed by atoms with Crippen molar-refractivity contribution in [2.24, 2.45) is 0 Å². The van der Waals surface area contributed by atoms with Gasteiger partial charge in [0.05, 0.1) is 6.61 Å². The van der Waals surface area contributed by atoms with Crippen molar-refractivity contribution in [2.75, 3.05) is 19.8 Å². The van der Waals surface area contributed by atoms with Crippen LogP contribution in [-0.4, -0.2) is 25.7 Å². The van der Waals surface area contributed by atoms with Gasteiger partial charge in [0.1, 0.15) is 0 Å². The zero-order chi connectivity index (χ0) is 9.23. The lowest BCUT2D eigenvalue weighted by molar-refractivity contribution is -0.122. The van der Waals surface area contributed by atoms with Crippen LogP contribution in [0.1, 0.15) is 19.8 Å². The average Bonchev–Trinajstić information content (AvgIpc) is 2.06. The quantitative estimate of drug-likeness (QED) is 0.466. The fourth-order valence-corrected chi connectivity index (χ4v) is 0.672. The molecule has 3 heteroatoms. The van der Waals surface area contributed by atoms with Gasteiger partial charge in [-0.25, -0.2) is 0 Å². The Bertz CT molecular complexity index is 160. The van der Waals surface area contributed by atoms with Crippen molar-refractivity contribution in [3.05, 3.63) is 0 Å². The van der Waals surface area contributed by atoms with E-state index in [-0.39, 0.29) is 5.91 Å². The van der Waals surface area contributed by atoms with Crippen LogP contribution < -0.4 is 5.32 Å². The molecular formula is C9H15NO2. The van der Waals surface area contributed by atoms with Crippen LogP contribution in [0.25, 0.3) is 0 Å². The fourth-order valence-electron chi connectivity index (χ4n) is 0.672. The van der Waals surface area contributed by atoms with Gasteiger partial charge in [0, 0.05) is 26.0 Å². The Balaban J connectivity index is 3.17. The van der Waals surface area contributed by atoms with Gasteiger partial charge in [0.15, 0.2) is 0 Å². The summed E-state index contributed by atoms with van der Waals surface area (Å²) in [5.74, 6) is 2.44. The number of carbonyl (C=O) groups excluding carboxylic acids is 1. The smallest absolute Gasteiger partial charge is 0.222 e. The Kier molecular flexibility index (Phi) is 7.41. The maximum Gasteiger partial charge on any atom is 0.222 e. The van der Waals surface area contributed by atoms with E-state index >= 15 is 0 Å². The Labute approximate surface area is 73.5 Å². The summed E-state index contributed by atoms with van der Waals surface area (Å²) in [6, 6.07) is 0. The van der Waals surface area contributed by atoms with Gasteiger partial charge in [0.25, 0.3) is 0 Å². The summed E-state index contributed by atoms with van der Waals surface area (Å²) >= 11 is 0. The van der Waals surface area contributed by atoms with Gasteiger partial charge >= 0.3 is 0 Å². The first-order valence-electron chi connectivity index (χ1n) is 4.09. The molecule has 0 aromatic rings. The Hall–Kier alpha value is -1.01. The van der Waals surface area contributed by atoms with Gasteiger partial charge in [-0.2, -0.15) is 0 Å². The molecular weight excluding hydrogens is 154 g/mol. The van der Waals surface area contributed by atoms with Crippen molar-refractivity contribution in [3.8, 4) is 12.3 Å². The number of terminal acetylenes is 1. The number of rotatable bonds is 6. The molecule has 12 heavy (non-hydrogen) atoms. The fraction of sp³-hybridized carbons (Fsp3) is 0.667. The average molecular weight is 169 g/mol. The molecule has 68 valence electrons. The van der Waals surface area contributed by atoms with Gasteiger partial charge < -0.3 is 10.1 Å². The first kappa shape index (κ1) is 11.0. The van der Waals surface area contributed by atoms with Gasteiger partial charge in [-0.1, -0.05) is 0 Å². The van der Waals surface area contributed by atoms with Gasteiger partial charge in [0.2, 0.25) is 5.91 Å². The number of ether oxygens (including phenoxy) is 1. The standard InChI is InChI=1S/C9H15NO2/c1-3-5-7-10-9(11)6-8-12-4-2/h1H,4-8H2,2H3,(H,10,11). The van der Waals surface area contributed by atoms with Crippen LogP contribution in [-0.2, 0) is 9.53 Å². The minimum atomic E-state index is -0.00120. The minimum Gasteiger partial charge on any atom is -0.381 e. The molecule has 0 aromatic heterocycles. The van der Waals surface area contributed by atoms with Gasteiger partial charge in [-0.15, -0.1) is 12.3 Å². The van der Waals surface area contributed by atoms with E-state index < -0.39 is 0 Å². The van der Waals surface area contributed by atoms with E-state index in [1.807, 2.05) is 6.92 Å². The number of hydrogen-bond acceptors (Lipinski definition) is 2. The highest BCUT2D eigenvalue weighted by Gasteiger charge is 1.98. The lowest BCUT2D eigenvalue weighted by Crippen LogP contribution is -2.25. The third-order valence-electron chi connectivity index (χ3n) is 1.27. The molecule has 0 saturated carbocycles. The molecule has 0 unspecified atom stereocenters. The summed E-state index contributed by atoms with van der Waals surface area (Å²) in [6.07, 6.45) is 6.01. The van der Waals surface area contributed by atoms with E-state index in [2.05, 4.69) is 11.2 Å². The lowest BCUT2D eigenvalue weighted by atomic mass is 10.4. The van der Waals surface area contributed by atoms with Crippen molar-refractivity contribution in [3.63, 3.8) is 0 Å². The van der Waals surface area contributed by atoms with E-state index in [0.29, 0.717) is 32.6 Å². The van der Waals surface area contributed by atoms with E-state index in [4.69, 9.17) is 11.2 Å². The second-order valence-electron chi connectivity index (χ2n) is 2.25. The van der Waals surface area contributed by atoms with Gasteiger partial charge in [-0.05, 0) is 6.92 Å². The predicted molar refractivity (Wildman–Crippen MR) is 47.6 cm³/mol. The largest absolute Gasteiger partial charge is 0.381 e. The van der Waals surface area contributed by atoms with E-state index in [9.17, 15) is 4.79 Å². The summed E-state index contributed by atoms with van der Waals surface area (Å²) < 4.78 is 5.01. The molecule has 1 amide bonds. The van der Waals surface area contributed by atoms with Crippen molar-refractivity contribution in [1.82, 2.24) is 5.32 Å². The van der Waals surface area contributed by atoms with Crippen molar-refractivity contribution < 1.29 is 9.53 Å². The van der Waals surface area contributed by atoms with Crippen LogP contribution in [0.5, 0.6) is 0 Å². The molecule has 3 nitrogen and oxygen atoms in total. The number of nitrogens with one attached hydrogen (secondary N) is 1. The highest BCUT2D eigenvalue weighted by atomic mass is 16.5. The molecule has 0 fully saturated rings. The van der Waals surface area contributed by atoms with E-state index in [1.165, 1.54) is 0 Å². The second-order valence-corrected chi connectivity index (χ2v) is 2.25. The topological polar surface area (TPSA) is 38.3 Å². The molecule has 0 aliphatic heterocycles. The van der Waals surface area contributed by atoms with E-state index in [0.717, 1.165) is 0 Å². The van der Waals surface area contributed by atoms with Crippen LogP contribution in [0.2, 0.25) is 0 Å². The molecule has 0 bridgehead atoms. The maximum absolute atomic E-state index is 10.9. The summed E-state index contributed by atoms with van der Waals surface area (Å²) in [7, 11) is 0. The normalized spacial score (nSPS) is 9.00. The number of amides is 1. The molecule has 0 aliphatic carbocycles. The molecule has 1 N–H and O–H groups in total. The van der Waals surface area contributed by atoms with Gasteiger partial charge in [-0.3, -0.25) is 4.79 Å². The molecule has 0 heterocycles. The molecule has 0 aromatic carbocycles. The van der Waals surface area contributed by atoms with Crippen molar-refractivity contribution in [2.45, 2.75) is 19.8 Å². The molecule has 0 atom stereocenters. The third kappa shape index (κ3) is 7.10. The lowest BCUT2D eigenvalue weighted by Gasteiger charge is -2.02. The Morgan fingerprint density at radius 2 is 2.42 bits per heavy atom. The molecule has 0 saturated heterocycles. The first-order chi connectivity index (χ1) is 5.81. The summed E-state index contributed by atoms with van der Waals surface area (Å²) in [4.78, 5) is 10.9. The van der Waals surface area contributed by atoms with Crippen LogP contribution in [0.3, 0.4) is 0 Å². The molecule has 0 aliphatic rings. The number of hydrogen-bond donors (Lipinski definition) is 1.